The van der Waals surface area contributed by atoms with Crippen molar-refractivity contribution in [2.45, 2.75) is 0 Å². The molecule has 0 aliphatic heterocycles. The van der Waals surface area contributed by atoms with E-state index in [0.29, 0.717) is 0 Å². The van der Waals surface area contributed by atoms with Gasteiger partial charge in [-0.05, 0) is 4.57 Å². The van der Waals surface area contributed by atoms with Gasteiger partial charge < -0.3 is 11.6 Å². The largest absolute Gasteiger partial charge is 1.00 e. The fourth-order valence-electron chi connectivity index (χ4n) is 0.105. The average Bonchev–Trinajstić information content (AvgIpc) is 1.68. The third kappa shape index (κ3) is 6.98. The maximum Gasteiger partial charge on any atom is 1.00 e. The molecular formula is C2H7NaO4P+. The van der Waals surface area contributed by atoms with Crippen LogP contribution >= 0.6 is 8.03 Å². The molecule has 1 unspecified atom stereocenters. The van der Waals surface area contributed by atoms with Crippen molar-refractivity contribution in [2.24, 2.45) is 0 Å². The predicted molar refractivity (Wildman–Crippen MR) is 24.0 cm³/mol. The van der Waals surface area contributed by atoms with Crippen molar-refractivity contribution < 1.29 is 50.3 Å². The Balaban J connectivity index is -0.000000180. The third-order valence-electron chi connectivity index (χ3n) is 0.317. The number of hydrogen-bond donors (Lipinski definition) is 2. The van der Waals surface area contributed by atoms with Gasteiger partial charge in [0.25, 0.3) is 6.35 Å². The van der Waals surface area contributed by atoms with E-state index in [1.807, 2.05) is 0 Å². The van der Waals surface area contributed by atoms with Crippen molar-refractivity contribution in [3.63, 3.8) is 0 Å². The number of aliphatic hydroxyl groups is 2. The van der Waals surface area contributed by atoms with Gasteiger partial charge in [0.05, 0.1) is 0 Å². The summed E-state index contributed by atoms with van der Waals surface area (Å²) in [7, 11) is -2.02. The van der Waals surface area contributed by atoms with E-state index in [2.05, 4.69) is 4.52 Å². The van der Waals surface area contributed by atoms with Crippen LogP contribution in [0.15, 0.2) is 0 Å². The zero-order chi connectivity index (χ0) is 5.70. The van der Waals surface area contributed by atoms with Gasteiger partial charge >= 0.3 is 37.6 Å². The van der Waals surface area contributed by atoms with Gasteiger partial charge in [0.15, 0.2) is 6.79 Å². The molecule has 0 heterocycles. The molecule has 0 fully saturated rings. The quantitative estimate of drug-likeness (QED) is 0.251. The second-order valence-corrected chi connectivity index (χ2v) is 1.94. The summed E-state index contributed by atoms with van der Waals surface area (Å²) >= 11 is 0. The summed E-state index contributed by atoms with van der Waals surface area (Å²) in [5.74, 6) is 0. The Morgan fingerprint density at radius 2 is 2.12 bits per heavy atom. The Hall–Kier alpha value is 0.980. The Kier molecular flexibility index (Phi) is 11.7. The Morgan fingerprint density at radius 3 is 2.25 bits per heavy atom. The van der Waals surface area contributed by atoms with E-state index in [1.165, 1.54) is 0 Å². The van der Waals surface area contributed by atoms with Crippen LogP contribution in [0, 0.1) is 0 Å². The first-order chi connectivity index (χ1) is 3.31. The molecule has 0 amide bonds. The molecule has 0 rings (SSSR count). The molecule has 2 N–H and O–H groups in total. The molecule has 0 saturated heterocycles. The molecular weight excluding hydrogens is 142 g/mol. The summed E-state index contributed by atoms with van der Waals surface area (Å²) in [6.45, 7) is -0.601. The van der Waals surface area contributed by atoms with Gasteiger partial charge in [-0.1, -0.05) is 0 Å². The standard InChI is InChI=1S/C2H6O4P.Na.H/c3-1-6-7(5)2-4;;/h3-4H,1-2H2;;/q2*+1;-1. The minimum Gasteiger partial charge on any atom is -1.00 e. The molecule has 8 heavy (non-hydrogen) atoms. The molecule has 0 aromatic rings. The first kappa shape index (κ1) is 11.7. The van der Waals surface area contributed by atoms with E-state index in [1.54, 1.807) is 0 Å². The molecule has 0 radical (unpaired) electrons. The molecule has 0 aliphatic carbocycles. The topological polar surface area (TPSA) is 66.8 Å². The van der Waals surface area contributed by atoms with Crippen LogP contribution in [0.3, 0.4) is 0 Å². The van der Waals surface area contributed by atoms with Crippen LogP contribution in [-0.2, 0) is 9.09 Å². The molecule has 0 bridgehead atoms. The molecule has 0 saturated carbocycles. The normalized spacial score (nSPS) is 10.0. The summed E-state index contributed by atoms with van der Waals surface area (Å²) in [4.78, 5) is 0. The van der Waals surface area contributed by atoms with Gasteiger partial charge in [-0.3, -0.25) is 0 Å². The minimum atomic E-state index is -2.02. The molecule has 44 valence electrons. The van der Waals surface area contributed by atoms with Gasteiger partial charge in [0.2, 0.25) is 0 Å². The van der Waals surface area contributed by atoms with Crippen molar-refractivity contribution in [3.8, 4) is 0 Å². The minimum absolute atomic E-state index is 0. The molecule has 4 nitrogen and oxygen atoms in total. The third-order valence-corrected chi connectivity index (χ3v) is 0.952. The first-order valence-corrected chi connectivity index (χ1v) is 2.97. The second-order valence-electron chi connectivity index (χ2n) is 0.732. The summed E-state index contributed by atoms with van der Waals surface area (Å²) in [5, 5.41) is 15.8. The molecule has 0 spiro atoms. The maximum absolute atomic E-state index is 9.93. The van der Waals surface area contributed by atoms with Crippen LogP contribution in [0.4, 0.5) is 0 Å². The number of hydrogen-bond acceptors (Lipinski definition) is 4. The van der Waals surface area contributed by atoms with Crippen LogP contribution in [0.2, 0.25) is 0 Å². The number of aliphatic hydroxyl groups excluding tert-OH is 2. The fourth-order valence-corrected chi connectivity index (χ4v) is 0.316. The molecule has 0 aromatic heterocycles. The predicted octanol–water partition coefficient (Wildman–Crippen LogP) is -3.24. The van der Waals surface area contributed by atoms with Crippen molar-refractivity contribution in [3.05, 3.63) is 0 Å². The first-order valence-electron chi connectivity index (χ1n) is 1.60. The van der Waals surface area contributed by atoms with Crippen molar-refractivity contribution in [1.29, 1.82) is 0 Å². The van der Waals surface area contributed by atoms with E-state index in [0.717, 1.165) is 0 Å². The second kappa shape index (κ2) is 7.98. The van der Waals surface area contributed by atoms with E-state index >= 15 is 0 Å². The van der Waals surface area contributed by atoms with Gasteiger partial charge in [0.1, 0.15) is 0 Å². The summed E-state index contributed by atoms with van der Waals surface area (Å²) in [6.07, 6.45) is -0.532. The van der Waals surface area contributed by atoms with E-state index in [9.17, 15) is 4.57 Å². The van der Waals surface area contributed by atoms with Crippen LogP contribution in [0.1, 0.15) is 1.43 Å². The molecule has 0 aromatic carbocycles. The van der Waals surface area contributed by atoms with Crippen molar-refractivity contribution in [1.82, 2.24) is 0 Å². The molecule has 6 heteroatoms. The Labute approximate surface area is 71.5 Å². The average molecular weight is 149 g/mol. The van der Waals surface area contributed by atoms with Gasteiger partial charge in [-0.15, -0.1) is 4.52 Å². The van der Waals surface area contributed by atoms with Gasteiger partial charge in [0, 0.05) is 0 Å². The summed E-state index contributed by atoms with van der Waals surface area (Å²) in [5.41, 5.74) is 0. The SMILES string of the molecule is O=[P+](CO)OCO.[H-].[Na+]. The smallest absolute Gasteiger partial charge is 1.00 e. The van der Waals surface area contributed by atoms with Gasteiger partial charge in [-0.2, -0.15) is 0 Å². The van der Waals surface area contributed by atoms with E-state index in [-0.39, 0.29) is 31.0 Å². The van der Waals surface area contributed by atoms with E-state index < -0.39 is 21.2 Å². The zero-order valence-electron chi connectivity index (χ0n) is 5.57. The van der Waals surface area contributed by atoms with Gasteiger partial charge in [-0.25, -0.2) is 0 Å². The molecule has 1 atom stereocenters. The van der Waals surface area contributed by atoms with E-state index in [4.69, 9.17) is 10.2 Å². The Morgan fingerprint density at radius 1 is 1.62 bits per heavy atom. The fraction of sp³-hybridized carbons (Fsp3) is 1.00. The van der Waals surface area contributed by atoms with Crippen LogP contribution in [-0.4, -0.2) is 23.4 Å². The monoisotopic (exact) mass is 149 g/mol. The van der Waals surface area contributed by atoms with Crippen LogP contribution in [0.25, 0.3) is 0 Å². The maximum atomic E-state index is 9.93. The zero-order valence-corrected chi connectivity index (χ0v) is 7.47. The molecule has 0 aliphatic rings. The van der Waals surface area contributed by atoms with Crippen molar-refractivity contribution >= 4 is 8.03 Å². The van der Waals surface area contributed by atoms with Crippen LogP contribution in [0.5, 0.6) is 0 Å². The van der Waals surface area contributed by atoms with Crippen LogP contribution < -0.4 is 29.6 Å². The summed E-state index contributed by atoms with van der Waals surface area (Å²) < 4.78 is 13.9. The van der Waals surface area contributed by atoms with Crippen molar-refractivity contribution in [2.75, 3.05) is 13.1 Å². The number of rotatable bonds is 3. The summed E-state index contributed by atoms with van der Waals surface area (Å²) in [6, 6.07) is 0. The Bertz CT molecular complexity index is 71.6.